The maximum atomic E-state index is 0. The second kappa shape index (κ2) is 1760. The van der Waals surface area contributed by atoms with E-state index in [1.807, 2.05) is 0 Å². The van der Waals surface area contributed by atoms with E-state index in [0.29, 0.717) is 0 Å². The van der Waals surface area contributed by atoms with Gasteiger partial charge in [0.1, 0.15) is 0 Å². The van der Waals surface area contributed by atoms with Crippen molar-refractivity contribution in [2.24, 2.45) is 0 Å². The molecule has 0 rings (SSSR count). The normalized spacial score (nSPS) is 0. The van der Waals surface area contributed by atoms with E-state index in [9.17, 15) is 0 Å². The Bertz CT molecular complexity index is 4.14. The van der Waals surface area contributed by atoms with E-state index in [0.717, 1.165) is 0 Å². The Morgan fingerprint density at radius 2 is 0.286 bits per heavy atom. The first-order valence-corrected chi connectivity index (χ1v) is 0. The van der Waals surface area contributed by atoms with Crippen molar-refractivity contribution in [3.8, 4) is 0 Å². The van der Waals surface area contributed by atoms with Gasteiger partial charge in [-0.1, -0.05) is 0 Å². The van der Waals surface area contributed by atoms with Crippen molar-refractivity contribution < 1.29 is 32.9 Å². The molecule has 0 aliphatic heterocycles. The molecule has 1 unspecified atom stereocenters. The summed E-state index contributed by atoms with van der Waals surface area (Å²) in [5.74, 6) is 0. The van der Waals surface area contributed by atoms with Gasteiger partial charge < -0.3 is 32.9 Å². The molecule has 0 spiro atoms. The fourth-order valence-electron chi connectivity index (χ4n) is 0. The summed E-state index contributed by atoms with van der Waals surface area (Å²) < 4.78 is 0. The average Bonchev–Trinajstić information content (AvgIpc) is 0. The summed E-state index contributed by atoms with van der Waals surface area (Å²) in [6.45, 7) is 0. The van der Waals surface area contributed by atoms with Gasteiger partial charge in [0.15, 0.2) is 0 Å². The molecule has 0 saturated heterocycles. The van der Waals surface area contributed by atoms with Crippen LogP contribution in [0.15, 0.2) is 0 Å². The van der Waals surface area contributed by atoms with Crippen LogP contribution < -0.4 is 0 Å². The second-order valence-corrected chi connectivity index (χ2v) is 0. The first-order chi connectivity index (χ1) is 0. The summed E-state index contributed by atoms with van der Waals surface area (Å²) in [7, 11) is 0. The van der Waals surface area contributed by atoms with Gasteiger partial charge in [-0.05, 0) is 0 Å². The average molecular weight is 186 g/mol. The molecule has 0 saturated carbocycles. The fourth-order valence-corrected chi connectivity index (χ4v) is 0. The van der Waals surface area contributed by atoms with E-state index in [-0.39, 0.29) is 50.8 Å². The van der Waals surface area contributed by atoms with Gasteiger partial charge in [0.05, 0.1) is 0 Å². The first-order valence-electron chi connectivity index (χ1n) is 0. The molecule has 0 radical (unpaired) electrons. The van der Waals surface area contributed by atoms with Crippen LogP contribution in [0.2, 0.25) is 0 Å². The number of hydrogen-bond donors (Lipinski definition) is 0. The molecule has 12 N–H and O–H groups in total. The van der Waals surface area contributed by atoms with Gasteiger partial charge in [0.2, 0.25) is 0 Å². The summed E-state index contributed by atoms with van der Waals surface area (Å²) in [4.78, 5) is 0. The van der Waals surface area contributed by atoms with Crippen molar-refractivity contribution in [2.75, 3.05) is 0 Å². The van der Waals surface area contributed by atoms with Crippen LogP contribution in [0.3, 0.4) is 0 Å². The molecule has 0 aliphatic rings. The molecule has 0 aromatic carbocycles. The molecule has 56 valence electrons. The predicted molar refractivity (Wildman–Crippen MR) is 31.6 cm³/mol. The van der Waals surface area contributed by atoms with E-state index < -0.39 is 0 Å². The Morgan fingerprint density at radius 3 is 0.286 bits per heavy atom. The molecule has 0 amide bonds. The Balaban J connectivity index is 0. The van der Waals surface area contributed by atoms with Gasteiger partial charge in [-0.2, -0.15) is 0 Å². The van der Waals surface area contributed by atoms with Crippen molar-refractivity contribution in [3.63, 3.8) is 0 Å². The van der Waals surface area contributed by atoms with Gasteiger partial charge in [-0.25, -0.2) is 0 Å². The zero-order valence-electron chi connectivity index (χ0n) is 3.71. The molecule has 0 heterocycles. The van der Waals surface area contributed by atoms with Crippen LogP contribution in [0.25, 0.3) is 0 Å². The summed E-state index contributed by atoms with van der Waals surface area (Å²) >= 11 is 0. The van der Waals surface area contributed by atoms with E-state index in [1.165, 1.54) is 0 Å². The van der Waals surface area contributed by atoms with Crippen LogP contribution in [0.1, 0.15) is 0 Å². The van der Waals surface area contributed by atoms with Crippen LogP contribution in [-0.2, 0) is 0 Å². The molecular formula is H15AsO6. The van der Waals surface area contributed by atoms with Gasteiger partial charge in [-0.15, -0.1) is 0 Å². The molecule has 0 aliphatic carbocycles. The van der Waals surface area contributed by atoms with E-state index >= 15 is 0 Å². The van der Waals surface area contributed by atoms with Crippen molar-refractivity contribution in [1.29, 1.82) is 0 Å². The first kappa shape index (κ1) is 2880. The summed E-state index contributed by atoms with van der Waals surface area (Å²) in [5.41, 5.74) is 0. The van der Waals surface area contributed by atoms with Gasteiger partial charge in [-0.3, -0.25) is 0 Å². The van der Waals surface area contributed by atoms with Crippen molar-refractivity contribution in [3.05, 3.63) is 0 Å². The summed E-state index contributed by atoms with van der Waals surface area (Å²) in [6.07, 6.45) is 0. The van der Waals surface area contributed by atoms with Crippen LogP contribution in [0, 0.1) is 0 Å². The zero-order valence-corrected chi connectivity index (χ0v) is 6.67. The summed E-state index contributed by atoms with van der Waals surface area (Å²) in [6, 6.07) is 0. The third kappa shape index (κ3) is 1160. The molecule has 6 nitrogen and oxygen atoms in total. The number of hydrogen-bond acceptors (Lipinski definition) is 0. The number of rotatable bonds is 0. The Kier molecular flexibility index (Phi) is 725000. The van der Waals surface area contributed by atoms with Crippen molar-refractivity contribution >= 4 is 18.0 Å². The third-order valence-electron chi connectivity index (χ3n) is 0. The van der Waals surface area contributed by atoms with Crippen LogP contribution in [0.5, 0.6) is 0 Å². The van der Waals surface area contributed by atoms with E-state index in [4.69, 9.17) is 0 Å². The standard InChI is InChI=1S/AsH3.6H2O/h1H3;6*1H2. The molecular weight excluding hydrogens is 171 g/mol. The Labute approximate surface area is 51.7 Å². The molecule has 7 heavy (non-hydrogen) atoms. The van der Waals surface area contributed by atoms with Crippen molar-refractivity contribution in [2.45, 2.75) is 0 Å². The van der Waals surface area contributed by atoms with E-state index in [2.05, 4.69) is 0 Å². The SMILES string of the molecule is O.O.O.O.O.O.[AsH3]. The Hall–Kier alpha value is 0.318. The Morgan fingerprint density at radius 1 is 0.286 bits per heavy atom. The molecule has 7 heteroatoms. The minimum absolute atomic E-state index is 0. The van der Waals surface area contributed by atoms with E-state index in [1.54, 1.807) is 0 Å². The van der Waals surface area contributed by atoms with Crippen LogP contribution in [0.4, 0.5) is 0 Å². The fraction of sp³-hybridized carbons (Fsp3) is 0. The summed E-state index contributed by atoms with van der Waals surface area (Å²) in [5, 5.41) is 0. The third-order valence-corrected chi connectivity index (χ3v) is 0. The topological polar surface area (TPSA) is 189 Å². The van der Waals surface area contributed by atoms with Gasteiger partial charge >= 0.3 is 18.0 Å². The minimum atomic E-state index is 0. The van der Waals surface area contributed by atoms with Gasteiger partial charge in [0.25, 0.3) is 0 Å². The molecule has 0 aromatic heterocycles. The van der Waals surface area contributed by atoms with Crippen LogP contribution >= 0.6 is 0 Å². The predicted octanol–water partition coefficient (Wildman–Crippen LogP) is -6.13. The molecule has 0 aromatic rings. The molecule has 0 fully saturated rings. The van der Waals surface area contributed by atoms with Crippen LogP contribution in [-0.4, -0.2) is 50.8 Å². The zero-order chi connectivity index (χ0) is 0. The maximum absolute atomic E-state index is 0. The second-order valence-electron chi connectivity index (χ2n) is 0. The monoisotopic (exact) mass is 186 g/mol. The van der Waals surface area contributed by atoms with Crippen molar-refractivity contribution in [1.82, 2.24) is 0 Å². The molecule has 0 bridgehead atoms. The quantitative estimate of drug-likeness (QED) is 0.325. The van der Waals surface area contributed by atoms with Gasteiger partial charge in [0, 0.05) is 0 Å². The molecule has 1 atom stereocenters.